The molecule has 0 bridgehead atoms. The standard InChI is InChI=1S/C14H14N2O3S2/c17-13(9-20-8-12-2-1-5-21-12)16-7-11-6-10(14(18)19)3-4-15-11/h1-6H,7-9H2,(H,16,17)(H,18,19). The van der Waals surface area contributed by atoms with E-state index in [0.717, 1.165) is 5.75 Å². The lowest BCUT2D eigenvalue weighted by Gasteiger charge is -2.05. The number of aromatic nitrogens is 1. The van der Waals surface area contributed by atoms with E-state index in [4.69, 9.17) is 5.11 Å². The summed E-state index contributed by atoms with van der Waals surface area (Å²) in [5.74, 6) is 0.101. The quantitative estimate of drug-likeness (QED) is 0.818. The van der Waals surface area contributed by atoms with Crippen LogP contribution in [0.15, 0.2) is 35.8 Å². The molecule has 0 aliphatic carbocycles. The van der Waals surface area contributed by atoms with Gasteiger partial charge in [-0.2, -0.15) is 0 Å². The Kier molecular flexibility index (Phi) is 5.77. The van der Waals surface area contributed by atoms with Crippen LogP contribution in [0.1, 0.15) is 20.9 Å². The normalized spacial score (nSPS) is 10.3. The summed E-state index contributed by atoms with van der Waals surface area (Å²) in [4.78, 5) is 27.8. The molecule has 0 saturated heterocycles. The SMILES string of the molecule is O=C(CSCc1cccs1)NCc1cc(C(=O)O)ccn1. The Morgan fingerprint density at radius 1 is 1.38 bits per heavy atom. The number of aromatic carboxylic acids is 1. The molecule has 5 nitrogen and oxygen atoms in total. The molecule has 110 valence electrons. The van der Waals surface area contributed by atoms with E-state index in [1.54, 1.807) is 23.1 Å². The van der Waals surface area contributed by atoms with E-state index in [9.17, 15) is 9.59 Å². The van der Waals surface area contributed by atoms with Crippen molar-refractivity contribution in [3.8, 4) is 0 Å². The molecule has 0 fully saturated rings. The Morgan fingerprint density at radius 2 is 2.24 bits per heavy atom. The van der Waals surface area contributed by atoms with Crippen molar-refractivity contribution in [3.63, 3.8) is 0 Å². The van der Waals surface area contributed by atoms with Crippen LogP contribution in [0.25, 0.3) is 0 Å². The number of rotatable bonds is 7. The highest BCUT2D eigenvalue weighted by atomic mass is 32.2. The zero-order valence-electron chi connectivity index (χ0n) is 11.1. The van der Waals surface area contributed by atoms with Crippen LogP contribution in [0, 0.1) is 0 Å². The molecule has 0 atom stereocenters. The van der Waals surface area contributed by atoms with Crippen LogP contribution >= 0.6 is 23.1 Å². The Hall–Kier alpha value is -1.86. The van der Waals surface area contributed by atoms with E-state index in [1.165, 1.54) is 23.2 Å². The van der Waals surface area contributed by atoms with Gasteiger partial charge in [-0.25, -0.2) is 4.79 Å². The zero-order valence-corrected chi connectivity index (χ0v) is 12.7. The van der Waals surface area contributed by atoms with Crippen LogP contribution in [0.4, 0.5) is 0 Å². The number of nitrogens with one attached hydrogen (secondary N) is 1. The van der Waals surface area contributed by atoms with Crippen LogP contribution in [0.3, 0.4) is 0 Å². The summed E-state index contributed by atoms with van der Waals surface area (Å²) >= 11 is 3.22. The molecule has 2 aromatic rings. The van der Waals surface area contributed by atoms with Gasteiger partial charge in [0.1, 0.15) is 0 Å². The number of amides is 1. The molecule has 0 spiro atoms. The van der Waals surface area contributed by atoms with Gasteiger partial charge in [-0.05, 0) is 23.6 Å². The molecular formula is C14H14N2O3S2. The number of carboxylic acids is 1. The van der Waals surface area contributed by atoms with Gasteiger partial charge in [-0.15, -0.1) is 23.1 Å². The number of pyridine rings is 1. The summed E-state index contributed by atoms with van der Waals surface area (Å²) in [5, 5.41) is 13.6. The van der Waals surface area contributed by atoms with Crippen molar-refractivity contribution in [2.24, 2.45) is 0 Å². The average Bonchev–Trinajstić information content (AvgIpc) is 2.99. The highest BCUT2D eigenvalue weighted by Gasteiger charge is 2.06. The molecule has 1 amide bonds. The Balaban J connectivity index is 1.73. The molecule has 2 N–H and O–H groups in total. The molecule has 0 unspecified atom stereocenters. The maximum atomic E-state index is 11.7. The summed E-state index contributed by atoms with van der Waals surface area (Å²) in [5.41, 5.74) is 0.702. The lowest BCUT2D eigenvalue weighted by Crippen LogP contribution is -2.25. The summed E-state index contributed by atoms with van der Waals surface area (Å²) in [6, 6.07) is 6.91. The number of hydrogen-bond donors (Lipinski definition) is 2. The molecule has 2 rings (SSSR count). The molecule has 21 heavy (non-hydrogen) atoms. The topological polar surface area (TPSA) is 79.3 Å². The highest BCUT2D eigenvalue weighted by Crippen LogP contribution is 2.16. The van der Waals surface area contributed by atoms with E-state index in [0.29, 0.717) is 11.4 Å². The number of carbonyl (C=O) groups is 2. The largest absolute Gasteiger partial charge is 0.478 e. The number of thioether (sulfide) groups is 1. The van der Waals surface area contributed by atoms with Crippen molar-refractivity contribution in [3.05, 3.63) is 52.0 Å². The molecule has 2 heterocycles. The number of carbonyl (C=O) groups excluding carboxylic acids is 1. The summed E-state index contributed by atoms with van der Waals surface area (Å²) in [6.45, 7) is 0.236. The minimum absolute atomic E-state index is 0.0842. The fraction of sp³-hybridized carbons (Fsp3) is 0.214. The Morgan fingerprint density at radius 3 is 2.95 bits per heavy atom. The molecule has 0 aliphatic heterocycles. The van der Waals surface area contributed by atoms with Gasteiger partial charge in [0, 0.05) is 16.8 Å². The lowest BCUT2D eigenvalue weighted by molar-refractivity contribution is -0.118. The third kappa shape index (κ3) is 5.20. The highest BCUT2D eigenvalue weighted by molar-refractivity contribution is 7.99. The fourth-order valence-electron chi connectivity index (χ4n) is 1.59. The number of carboxylic acid groups (broad SMARTS) is 1. The first-order valence-electron chi connectivity index (χ1n) is 6.20. The Bertz CT molecular complexity index is 614. The van der Waals surface area contributed by atoms with Crippen molar-refractivity contribution in [2.45, 2.75) is 12.3 Å². The fourth-order valence-corrected chi connectivity index (χ4v) is 3.29. The molecular weight excluding hydrogens is 308 g/mol. The maximum Gasteiger partial charge on any atom is 0.335 e. The van der Waals surface area contributed by atoms with Gasteiger partial charge < -0.3 is 10.4 Å². The first kappa shape index (κ1) is 15.5. The molecule has 2 aromatic heterocycles. The second-order valence-corrected chi connectivity index (χ2v) is 6.21. The van der Waals surface area contributed by atoms with Crippen molar-refractivity contribution in [2.75, 3.05) is 5.75 Å². The molecule has 0 aliphatic rings. The van der Waals surface area contributed by atoms with Crippen LogP contribution in [0.5, 0.6) is 0 Å². The first-order chi connectivity index (χ1) is 10.1. The summed E-state index contributed by atoms with van der Waals surface area (Å²) in [7, 11) is 0. The minimum Gasteiger partial charge on any atom is -0.478 e. The van der Waals surface area contributed by atoms with Crippen molar-refractivity contribution in [1.29, 1.82) is 0 Å². The average molecular weight is 322 g/mol. The van der Waals surface area contributed by atoms with Crippen molar-refractivity contribution < 1.29 is 14.7 Å². The van der Waals surface area contributed by atoms with E-state index in [2.05, 4.69) is 10.3 Å². The first-order valence-corrected chi connectivity index (χ1v) is 8.23. The predicted octanol–water partition coefficient (Wildman–Crippen LogP) is 2.39. The monoisotopic (exact) mass is 322 g/mol. The lowest BCUT2D eigenvalue weighted by atomic mass is 10.2. The third-order valence-electron chi connectivity index (χ3n) is 2.59. The molecule has 0 aromatic carbocycles. The molecule has 7 heteroatoms. The van der Waals surface area contributed by atoms with Crippen LogP contribution in [-0.2, 0) is 17.1 Å². The van der Waals surface area contributed by atoms with Crippen LogP contribution < -0.4 is 5.32 Å². The predicted molar refractivity (Wildman–Crippen MR) is 83.5 cm³/mol. The maximum absolute atomic E-state index is 11.7. The van der Waals surface area contributed by atoms with Crippen molar-refractivity contribution in [1.82, 2.24) is 10.3 Å². The minimum atomic E-state index is -1.00. The summed E-state index contributed by atoms with van der Waals surface area (Å²) in [6.07, 6.45) is 1.43. The number of hydrogen-bond acceptors (Lipinski definition) is 5. The van der Waals surface area contributed by atoms with Crippen LogP contribution in [-0.4, -0.2) is 27.7 Å². The third-order valence-corrected chi connectivity index (χ3v) is 4.63. The number of nitrogens with zero attached hydrogens (tertiary/aromatic N) is 1. The van der Waals surface area contributed by atoms with E-state index >= 15 is 0 Å². The van der Waals surface area contributed by atoms with Gasteiger partial charge in [0.15, 0.2) is 0 Å². The van der Waals surface area contributed by atoms with Crippen molar-refractivity contribution >= 4 is 35.0 Å². The number of thiophene rings is 1. The van der Waals surface area contributed by atoms with Gasteiger partial charge >= 0.3 is 5.97 Å². The van der Waals surface area contributed by atoms with E-state index in [-0.39, 0.29) is 18.0 Å². The zero-order chi connectivity index (χ0) is 15.1. The van der Waals surface area contributed by atoms with E-state index < -0.39 is 5.97 Å². The van der Waals surface area contributed by atoms with E-state index in [1.807, 2.05) is 17.5 Å². The Labute approximate surface area is 130 Å². The molecule has 0 radical (unpaired) electrons. The van der Waals surface area contributed by atoms with Gasteiger partial charge in [0.05, 0.1) is 23.6 Å². The van der Waals surface area contributed by atoms with Gasteiger partial charge in [-0.3, -0.25) is 9.78 Å². The summed E-state index contributed by atoms with van der Waals surface area (Å²) < 4.78 is 0. The smallest absolute Gasteiger partial charge is 0.335 e. The second-order valence-electron chi connectivity index (χ2n) is 4.19. The van der Waals surface area contributed by atoms with Gasteiger partial charge in [-0.1, -0.05) is 6.07 Å². The van der Waals surface area contributed by atoms with Gasteiger partial charge in [0.25, 0.3) is 0 Å². The molecule has 0 saturated carbocycles. The van der Waals surface area contributed by atoms with Gasteiger partial charge in [0.2, 0.25) is 5.91 Å². The van der Waals surface area contributed by atoms with Crippen LogP contribution in [0.2, 0.25) is 0 Å². The second kappa shape index (κ2) is 7.80.